The van der Waals surface area contributed by atoms with Gasteiger partial charge in [0.15, 0.2) is 0 Å². The van der Waals surface area contributed by atoms with Gasteiger partial charge < -0.3 is 15.1 Å². The number of benzene rings is 2. The van der Waals surface area contributed by atoms with Crippen molar-refractivity contribution >= 4 is 80.7 Å². The number of hydrogen-bond donors (Lipinski definition) is 2. The summed E-state index contributed by atoms with van der Waals surface area (Å²) in [5.74, 6) is 0.642. The summed E-state index contributed by atoms with van der Waals surface area (Å²) in [6.45, 7) is 6.80. The van der Waals surface area contributed by atoms with Gasteiger partial charge in [-0.15, -0.1) is 0 Å². The maximum absolute atomic E-state index is 10.7. The number of nitrogens with zero attached hydrogens (tertiary/aromatic N) is 2. The van der Waals surface area contributed by atoms with Gasteiger partial charge in [0.1, 0.15) is 26.6 Å². The molecule has 0 heterocycles. The predicted molar refractivity (Wildman–Crippen MR) is 156 cm³/mol. The average molecular weight is 678 g/mol. The predicted octanol–water partition coefficient (Wildman–Crippen LogP) is 4.75. The first-order valence-electron chi connectivity index (χ1n) is 9.92. The van der Waals surface area contributed by atoms with Crippen molar-refractivity contribution in [3.63, 3.8) is 0 Å². The van der Waals surface area contributed by atoms with Crippen LogP contribution >= 0.6 is 55.0 Å². The van der Waals surface area contributed by atoms with E-state index < -0.39 is 10.9 Å². The van der Waals surface area contributed by atoms with Gasteiger partial charge in [0.2, 0.25) is 0 Å². The zero-order valence-corrected chi connectivity index (χ0v) is 24.5. The lowest BCUT2D eigenvalue weighted by molar-refractivity contribution is 0.234. The highest BCUT2D eigenvalue weighted by Gasteiger charge is 2.17. The van der Waals surface area contributed by atoms with E-state index in [4.69, 9.17) is 15.1 Å². The Balaban J connectivity index is 2.36. The summed E-state index contributed by atoms with van der Waals surface area (Å²) in [4.78, 5) is 4.44. The molecular weight excluding hydrogens is 650 g/mol. The maximum atomic E-state index is 10.7. The Labute approximate surface area is 217 Å². The van der Waals surface area contributed by atoms with Crippen LogP contribution in [0.15, 0.2) is 24.3 Å². The van der Waals surface area contributed by atoms with Crippen molar-refractivity contribution in [3.8, 4) is 11.5 Å². The lowest BCUT2D eigenvalue weighted by Crippen LogP contribution is -2.27. The molecule has 0 bridgehead atoms. The molecule has 2 unspecified atom stereocenters. The van der Waals surface area contributed by atoms with Gasteiger partial charge in [0.05, 0.1) is 0 Å². The number of hydrogen-bond acceptors (Lipinski definition) is 4. The first-order valence-corrected chi connectivity index (χ1v) is 18.3. The fraction of sp³-hybridized carbons (Fsp3) is 0.429. The van der Waals surface area contributed by atoms with E-state index in [1.54, 1.807) is 0 Å². The normalized spacial score (nSPS) is 13.7. The van der Waals surface area contributed by atoms with Crippen LogP contribution in [0.1, 0.15) is 28.7 Å². The Kier molecular flexibility index (Phi) is 11.4. The summed E-state index contributed by atoms with van der Waals surface area (Å²) in [7, 11) is 16.4. The zero-order valence-electron chi connectivity index (χ0n) is 18.4. The van der Waals surface area contributed by atoms with Crippen LogP contribution in [0.2, 0.25) is 0 Å². The molecule has 164 valence electrons. The third kappa shape index (κ3) is 8.29. The number of phenols is 2. The van der Waals surface area contributed by atoms with Gasteiger partial charge in [0, 0.05) is 30.8 Å². The van der Waals surface area contributed by atoms with Crippen LogP contribution in [0.4, 0.5) is 0 Å². The van der Waals surface area contributed by atoms with E-state index in [-0.39, 0.29) is 0 Å². The van der Waals surface area contributed by atoms with Crippen molar-refractivity contribution in [1.82, 2.24) is 9.80 Å². The number of aryl methyl sites for hydroxylation is 2. The molecule has 4 nitrogen and oxygen atoms in total. The molecule has 2 N–H and O–H groups in total. The SMILES string of the molecule is [B]P(I)c1cc(C)c(O)c(CN(CCCN(C)C)Cc2cc(P([B])I)cc(C)c2O)c1. The Bertz CT molecular complexity index is 837. The van der Waals surface area contributed by atoms with E-state index in [9.17, 15) is 10.2 Å². The topological polar surface area (TPSA) is 46.9 Å². The monoisotopic (exact) mass is 678 g/mol. The second-order valence-corrected chi connectivity index (χ2v) is 16.5. The lowest BCUT2D eigenvalue weighted by atomic mass is 10.1. The standard InChI is InChI=1S/C21H28B2I2N2O2P2/c1-14-8-18(30(22)24)10-16(20(14)28)12-27(7-5-6-26(3)4)13-17-11-19(31(23)25)9-15(2)21(17)29/h8-11,28-29H,5-7,12-13H2,1-4H3. The van der Waals surface area contributed by atoms with Gasteiger partial charge >= 0.3 is 0 Å². The molecular formula is C21H28B2I2N2O2P2. The van der Waals surface area contributed by atoms with E-state index in [0.29, 0.717) is 24.6 Å². The molecule has 0 fully saturated rings. The molecule has 10 heteroatoms. The Morgan fingerprint density at radius 1 is 0.806 bits per heavy atom. The van der Waals surface area contributed by atoms with E-state index in [1.165, 1.54) is 0 Å². The highest BCUT2D eigenvalue weighted by Crippen LogP contribution is 2.41. The molecule has 2 atom stereocenters. The number of halogens is 2. The van der Waals surface area contributed by atoms with Crippen LogP contribution < -0.4 is 10.6 Å². The minimum Gasteiger partial charge on any atom is -0.507 e. The van der Waals surface area contributed by atoms with Gasteiger partial charge in [0.25, 0.3) is 0 Å². The molecule has 2 rings (SSSR count). The van der Waals surface area contributed by atoms with E-state index in [1.807, 2.05) is 38.1 Å². The molecule has 0 amide bonds. The number of aromatic hydroxyl groups is 2. The van der Waals surface area contributed by atoms with Crippen molar-refractivity contribution in [3.05, 3.63) is 46.5 Å². The molecule has 0 aliphatic rings. The second kappa shape index (κ2) is 12.8. The minimum absolute atomic E-state index is 0.321. The van der Waals surface area contributed by atoms with Crippen molar-refractivity contribution in [1.29, 1.82) is 0 Å². The highest BCUT2D eigenvalue weighted by atomic mass is 127. The molecule has 0 aliphatic heterocycles. The van der Waals surface area contributed by atoms with Crippen LogP contribution in [0.25, 0.3) is 0 Å². The van der Waals surface area contributed by atoms with Crippen molar-refractivity contribution in [2.45, 2.75) is 33.4 Å². The fourth-order valence-corrected chi connectivity index (χ4v) is 6.32. The second-order valence-electron chi connectivity index (χ2n) is 8.03. The van der Waals surface area contributed by atoms with Gasteiger partial charge in [-0.2, -0.15) is 0 Å². The van der Waals surface area contributed by atoms with Crippen LogP contribution in [0.5, 0.6) is 11.5 Å². The first-order chi connectivity index (χ1) is 14.5. The number of phenolic OH excluding ortho intramolecular Hbond substituents is 2. The van der Waals surface area contributed by atoms with Gasteiger partial charge in [-0.05, 0) is 86.9 Å². The summed E-state index contributed by atoms with van der Waals surface area (Å²) in [5.41, 5.74) is 1.88. The molecule has 2 aromatic carbocycles. The number of rotatable bonds is 10. The minimum atomic E-state index is -0.773. The maximum Gasteiger partial charge on any atom is 0.129 e. The summed E-state index contributed by atoms with van der Waals surface area (Å²) in [5, 5.41) is 23.6. The van der Waals surface area contributed by atoms with Gasteiger partial charge in [-0.1, -0.05) is 55.0 Å². The quantitative estimate of drug-likeness (QED) is 0.217. The Morgan fingerprint density at radius 2 is 1.23 bits per heavy atom. The van der Waals surface area contributed by atoms with Crippen LogP contribution in [-0.4, -0.2) is 62.3 Å². The molecule has 0 spiro atoms. The lowest BCUT2D eigenvalue weighted by Gasteiger charge is -2.26. The van der Waals surface area contributed by atoms with Crippen LogP contribution in [-0.2, 0) is 13.1 Å². The Hall–Kier alpha value is 0.410. The third-order valence-corrected chi connectivity index (χ3v) is 9.93. The van der Waals surface area contributed by atoms with E-state index in [2.05, 4.69) is 68.0 Å². The zero-order chi connectivity index (χ0) is 23.3. The first kappa shape index (κ1) is 27.7. The van der Waals surface area contributed by atoms with E-state index >= 15 is 0 Å². The van der Waals surface area contributed by atoms with Crippen molar-refractivity contribution in [2.24, 2.45) is 0 Å². The van der Waals surface area contributed by atoms with Crippen LogP contribution in [0, 0.1) is 13.8 Å². The molecule has 0 saturated carbocycles. The molecule has 0 aliphatic carbocycles. The summed E-state index contributed by atoms with van der Waals surface area (Å²) in [6, 6.07) is 7.97. The summed E-state index contributed by atoms with van der Waals surface area (Å²) in [6.07, 6.45) is 0.984. The highest BCUT2D eigenvalue weighted by molar-refractivity contribution is 14.2. The molecule has 31 heavy (non-hydrogen) atoms. The van der Waals surface area contributed by atoms with Crippen molar-refractivity contribution in [2.75, 3.05) is 27.2 Å². The molecule has 0 aromatic heterocycles. The van der Waals surface area contributed by atoms with E-state index in [0.717, 1.165) is 52.4 Å². The van der Waals surface area contributed by atoms with Gasteiger partial charge in [-0.3, -0.25) is 4.90 Å². The largest absolute Gasteiger partial charge is 0.507 e. The van der Waals surface area contributed by atoms with Crippen LogP contribution in [0.3, 0.4) is 0 Å². The third-order valence-electron chi connectivity index (χ3n) is 5.09. The Morgan fingerprint density at radius 3 is 1.58 bits per heavy atom. The molecule has 2 aromatic rings. The average Bonchev–Trinajstić information content (AvgIpc) is 2.67. The van der Waals surface area contributed by atoms with Gasteiger partial charge in [-0.25, -0.2) is 0 Å². The smallest absolute Gasteiger partial charge is 0.129 e. The molecule has 0 saturated heterocycles. The fourth-order valence-electron chi connectivity index (χ4n) is 3.46. The molecule has 4 radical (unpaired) electrons. The summed E-state index contributed by atoms with van der Waals surface area (Å²) < 4.78 is 0. The van der Waals surface area contributed by atoms with Crippen molar-refractivity contribution < 1.29 is 10.2 Å². The summed E-state index contributed by atoms with van der Waals surface area (Å²) >= 11 is 4.50.